The average Bonchev–Trinajstić information content (AvgIpc) is 2.83. The van der Waals surface area contributed by atoms with Crippen LogP contribution in [0, 0.1) is 0 Å². The average molecular weight is 232 g/mol. The molecule has 2 N–H and O–H groups in total. The molecule has 0 aliphatic rings. The molecule has 17 heavy (non-hydrogen) atoms. The third-order valence-electron chi connectivity index (χ3n) is 2.51. The SMILES string of the molecule is NCc1occc1COCCc1ccccn1. The second-order valence-corrected chi connectivity index (χ2v) is 3.70. The zero-order chi connectivity index (χ0) is 11.9. The molecule has 0 radical (unpaired) electrons. The van der Waals surface area contributed by atoms with Crippen LogP contribution in [0.2, 0.25) is 0 Å². The van der Waals surface area contributed by atoms with E-state index in [4.69, 9.17) is 14.9 Å². The van der Waals surface area contributed by atoms with Crippen molar-refractivity contribution < 1.29 is 9.15 Å². The lowest BCUT2D eigenvalue weighted by atomic mass is 10.2. The first kappa shape index (κ1) is 11.8. The smallest absolute Gasteiger partial charge is 0.122 e. The molecule has 2 heterocycles. The zero-order valence-electron chi connectivity index (χ0n) is 9.63. The van der Waals surface area contributed by atoms with Crippen molar-refractivity contribution in [3.8, 4) is 0 Å². The largest absolute Gasteiger partial charge is 0.468 e. The molecule has 2 aromatic heterocycles. The Morgan fingerprint density at radius 2 is 2.24 bits per heavy atom. The van der Waals surface area contributed by atoms with Gasteiger partial charge in [-0.15, -0.1) is 0 Å². The predicted molar refractivity (Wildman–Crippen MR) is 64.2 cm³/mol. The highest BCUT2D eigenvalue weighted by molar-refractivity contribution is 5.15. The third-order valence-corrected chi connectivity index (χ3v) is 2.51. The van der Waals surface area contributed by atoms with Gasteiger partial charge < -0.3 is 14.9 Å². The molecule has 0 bridgehead atoms. The number of nitrogens with zero attached hydrogens (tertiary/aromatic N) is 1. The van der Waals surface area contributed by atoms with Crippen molar-refractivity contribution in [3.05, 3.63) is 53.7 Å². The fourth-order valence-electron chi connectivity index (χ4n) is 1.58. The van der Waals surface area contributed by atoms with Gasteiger partial charge in [-0.3, -0.25) is 4.98 Å². The van der Waals surface area contributed by atoms with Crippen molar-refractivity contribution in [1.82, 2.24) is 4.98 Å². The Balaban J connectivity index is 1.73. The fourth-order valence-corrected chi connectivity index (χ4v) is 1.58. The van der Waals surface area contributed by atoms with Crippen molar-refractivity contribution in [1.29, 1.82) is 0 Å². The number of hydrogen-bond acceptors (Lipinski definition) is 4. The molecule has 0 amide bonds. The number of rotatable bonds is 6. The van der Waals surface area contributed by atoms with E-state index in [0.717, 1.165) is 23.4 Å². The second-order valence-electron chi connectivity index (χ2n) is 3.70. The Labute approximate surface area is 100 Å². The Hall–Kier alpha value is -1.65. The fraction of sp³-hybridized carbons (Fsp3) is 0.308. The van der Waals surface area contributed by atoms with Crippen LogP contribution < -0.4 is 5.73 Å². The van der Waals surface area contributed by atoms with E-state index >= 15 is 0 Å². The van der Waals surface area contributed by atoms with Crippen LogP contribution in [-0.4, -0.2) is 11.6 Å². The molecule has 0 aliphatic carbocycles. The zero-order valence-corrected chi connectivity index (χ0v) is 9.63. The number of aromatic nitrogens is 1. The third kappa shape index (κ3) is 3.41. The molecule has 2 rings (SSSR count). The van der Waals surface area contributed by atoms with Gasteiger partial charge in [0.1, 0.15) is 5.76 Å². The van der Waals surface area contributed by atoms with Crippen molar-refractivity contribution in [3.63, 3.8) is 0 Å². The maximum atomic E-state index is 5.57. The number of hydrogen-bond donors (Lipinski definition) is 1. The Bertz CT molecular complexity index is 440. The summed E-state index contributed by atoms with van der Waals surface area (Å²) in [6.45, 7) is 1.59. The van der Waals surface area contributed by atoms with Crippen LogP contribution in [-0.2, 0) is 24.3 Å². The molecule has 4 nitrogen and oxygen atoms in total. The van der Waals surface area contributed by atoms with Gasteiger partial charge >= 0.3 is 0 Å². The molecule has 0 aromatic carbocycles. The molecular formula is C13H16N2O2. The Morgan fingerprint density at radius 1 is 1.29 bits per heavy atom. The summed E-state index contributed by atoms with van der Waals surface area (Å²) in [6, 6.07) is 7.77. The van der Waals surface area contributed by atoms with Gasteiger partial charge in [0.15, 0.2) is 0 Å². The lowest BCUT2D eigenvalue weighted by molar-refractivity contribution is 0.122. The van der Waals surface area contributed by atoms with Gasteiger partial charge in [-0.25, -0.2) is 0 Å². The summed E-state index contributed by atoms with van der Waals surface area (Å²) in [6.07, 6.45) is 4.24. The summed E-state index contributed by atoms with van der Waals surface area (Å²) in [7, 11) is 0. The maximum absolute atomic E-state index is 5.57. The van der Waals surface area contributed by atoms with Crippen LogP contribution in [0.3, 0.4) is 0 Å². The van der Waals surface area contributed by atoms with Gasteiger partial charge in [-0.2, -0.15) is 0 Å². The number of nitrogens with two attached hydrogens (primary N) is 1. The Kier molecular flexibility index (Phi) is 4.30. The highest BCUT2D eigenvalue weighted by Gasteiger charge is 2.04. The van der Waals surface area contributed by atoms with Crippen LogP contribution in [0.4, 0.5) is 0 Å². The minimum Gasteiger partial charge on any atom is -0.468 e. The van der Waals surface area contributed by atoms with E-state index in [1.54, 1.807) is 12.5 Å². The van der Waals surface area contributed by atoms with Gasteiger partial charge in [0.25, 0.3) is 0 Å². The summed E-state index contributed by atoms with van der Waals surface area (Å²) < 4.78 is 10.8. The van der Waals surface area contributed by atoms with E-state index in [0.29, 0.717) is 19.8 Å². The van der Waals surface area contributed by atoms with Crippen LogP contribution in [0.25, 0.3) is 0 Å². The standard InChI is InChI=1S/C13H16N2O2/c14-9-13-11(4-8-17-13)10-16-7-5-12-3-1-2-6-15-12/h1-4,6,8H,5,7,9-10,14H2. The van der Waals surface area contributed by atoms with Gasteiger partial charge in [0.2, 0.25) is 0 Å². The number of ether oxygens (including phenoxy) is 1. The van der Waals surface area contributed by atoms with Crippen LogP contribution in [0.15, 0.2) is 41.1 Å². The molecule has 0 saturated heterocycles. The first-order chi connectivity index (χ1) is 8.40. The molecule has 0 fully saturated rings. The quantitative estimate of drug-likeness (QED) is 0.773. The predicted octanol–water partition coefficient (Wildman–Crippen LogP) is 1.89. The van der Waals surface area contributed by atoms with Crippen LogP contribution in [0.5, 0.6) is 0 Å². The molecule has 0 spiro atoms. The highest BCUT2D eigenvalue weighted by atomic mass is 16.5. The highest BCUT2D eigenvalue weighted by Crippen LogP contribution is 2.11. The molecule has 2 aromatic rings. The summed E-state index contributed by atoms with van der Waals surface area (Å²) in [4.78, 5) is 4.23. The van der Waals surface area contributed by atoms with Crippen molar-refractivity contribution in [2.24, 2.45) is 5.73 Å². The second kappa shape index (κ2) is 6.18. The van der Waals surface area contributed by atoms with Crippen LogP contribution >= 0.6 is 0 Å². The molecule has 0 atom stereocenters. The van der Waals surface area contributed by atoms with Crippen LogP contribution in [0.1, 0.15) is 17.0 Å². The molecule has 0 unspecified atom stereocenters. The monoisotopic (exact) mass is 232 g/mol. The van der Waals surface area contributed by atoms with E-state index in [1.165, 1.54) is 0 Å². The van der Waals surface area contributed by atoms with Gasteiger partial charge in [-0.05, 0) is 18.2 Å². The summed E-state index contributed by atoms with van der Waals surface area (Å²) in [5, 5.41) is 0. The van der Waals surface area contributed by atoms with Gasteiger partial charge in [-0.1, -0.05) is 6.07 Å². The maximum Gasteiger partial charge on any atom is 0.122 e. The lowest BCUT2D eigenvalue weighted by Gasteiger charge is -2.03. The summed E-state index contributed by atoms with van der Waals surface area (Å²) in [5.74, 6) is 0.794. The lowest BCUT2D eigenvalue weighted by Crippen LogP contribution is -2.03. The van der Waals surface area contributed by atoms with Crippen molar-refractivity contribution >= 4 is 0 Å². The molecular weight excluding hydrogens is 216 g/mol. The Morgan fingerprint density at radius 3 is 3.00 bits per heavy atom. The normalized spacial score (nSPS) is 10.6. The molecule has 0 aliphatic heterocycles. The summed E-state index contributed by atoms with van der Waals surface area (Å²) >= 11 is 0. The van der Waals surface area contributed by atoms with Gasteiger partial charge in [0, 0.05) is 23.9 Å². The topological polar surface area (TPSA) is 61.3 Å². The van der Waals surface area contributed by atoms with E-state index in [-0.39, 0.29) is 0 Å². The van der Waals surface area contributed by atoms with E-state index < -0.39 is 0 Å². The van der Waals surface area contributed by atoms with E-state index in [1.807, 2.05) is 24.3 Å². The minimum absolute atomic E-state index is 0.409. The minimum atomic E-state index is 0.409. The number of pyridine rings is 1. The van der Waals surface area contributed by atoms with Crippen molar-refractivity contribution in [2.75, 3.05) is 6.61 Å². The number of furan rings is 1. The van der Waals surface area contributed by atoms with Gasteiger partial charge in [0.05, 0.1) is 26.0 Å². The molecule has 0 saturated carbocycles. The first-order valence-electron chi connectivity index (χ1n) is 5.63. The molecule has 90 valence electrons. The first-order valence-corrected chi connectivity index (χ1v) is 5.63. The summed E-state index contributed by atoms with van der Waals surface area (Å²) in [5.41, 5.74) is 7.59. The van der Waals surface area contributed by atoms with E-state index in [2.05, 4.69) is 4.98 Å². The van der Waals surface area contributed by atoms with Crippen molar-refractivity contribution in [2.45, 2.75) is 19.6 Å². The van der Waals surface area contributed by atoms with E-state index in [9.17, 15) is 0 Å². The molecule has 4 heteroatoms.